The van der Waals surface area contributed by atoms with Gasteiger partial charge in [0.15, 0.2) is 0 Å². The van der Waals surface area contributed by atoms with Gasteiger partial charge in [-0.2, -0.15) is 5.10 Å². The molecule has 3 rings (SSSR count). The van der Waals surface area contributed by atoms with Gasteiger partial charge in [0.25, 0.3) is 5.91 Å². The minimum Gasteiger partial charge on any atom is -0.497 e. The minimum absolute atomic E-state index is 0.0504. The number of benzene rings is 2. The fraction of sp³-hybridized carbons (Fsp3) is 0.333. The van der Waals surface area contributed by atoms with Crippen molar-refractivity contribution in [1.82, 2.24) is 16.3 Å². The highest BCUT2D eigenvalue weighted by molar-refractivity contribution is 5.85. The lowest BCUT2D eigenvalue weighted by Crippen LogP contribution is -2.41. The molecular formula is C21H26N4O3. The van der Waals surface area contributed by atoms with Gasteiger partial charge in [0, 0.05) is 6.04 Å². The molecule has 0 saturated carbocycles. The largest absolute Gasteiger partial charge is 0.497 e. The van der Waals surface area contributed by atoms with Crippen LogP contribution in [0.2, 0.25) is 0 Å². The van der Waals surface area contributed by atoms with Crippen LogP contribution in [0.1, 0.15) is 37.4 Å². The van der Waals surface area contributed by atoms with E-state index in [-0.39, 0.29) is 24.1 Å². The number of amides is 1. The van der Waals surface area contributed by atoms with Crippen LogP contribution in [0.15, 0.2) is 53.6 Å². The zero-order valence-corrected chi connectivity index (χ0v) is 16.3. The summed E-state index contributed by atoms with van der Waals surface area (Å²) in [6.07, 6.45) is 2.38. The number of hydrazone groups is 1. The highest BCUT2D eigenvalue weighted by Crippen LogP contribution is 2.24. The van der Waals surface area contributed by atoms with E-state index < -0.39 is 0 Å². The summed E-state index contributed by atoms with van der Waals surface area (Å²) >= 11 is 0. The van der Waals surface area contributed by atoms with Crippen LogP contribution in [0, 0.1) is 0 Å². The van der Waals surface area contributed by atoms with Crippen LogP contribution >= 0.6 is 0 Å². The number of hydrogen-bond acceptors (Lipinski definition) is 6. The first-order chi connectivity index (χ1) is 13.5. The second-order valence-corrected chi connectivity index (χ2v) is 6.87. The van der Waals surface area contributed by atoms with Gasteiger partial charge < -0.3 is 9.47 Å². The summed E-state index contributed by atoms with van der Waals surface area (Å²) in [5.74, 6) is 1.43. The molecule has 7 heteroatoms. The summed E-state index contributed by atoms with van der Waals surface area (Å²) < 4.78 is 10.8. The Morgan fingerprint density at radius 3 is 2.43 bits per heavy atom. The molecule has 7 nitrogen and oxygen atoms in total. The monoisotopic (exact) mass is 382 g/mol. The second kappa shape index (κ2) is 9.34. The van der Waals surface area contributed by atoms with Crippen LogP contribution in [-0.2, 0) is 4.79 Å². The van der Waals surface area contributed by atoms with E-state index >= 15 is 0 Å². The average molecular weight is 382 g/mol. The molecule has 2 aromatic rings. The molecule has 148 valence electrons. The first-order valence-corrected chi connectivity index (χ1v) is 9.30. The number of carbonyl (C=O) groups is 1. The second-order valence-electron chi connectivity index (χ2n) is 6.87. The standard InChI is InChI=1S/C21H26N4O3/c1-14(2)28-18-10-6-16(7-11-18)19-12-20(24-23-19)21(26)25-22-13-15-4-8-17(27-3)9-5-15/h4-11,13-14,19-20,23-24H,12H2,1-3H3,(H,25,26)/b22-13+. The van der Waals surface area contributed by atoms with Crippen molar-refractivity contribution in [1.29, 1.82) is 0 Å². The molecule has 0 spiro atoms. The minimum atomic E-state index is -0.357. The fourth-order valence-electron chi connectivity index (χ4n) is 2.94. The van der Waals surface area contributed by atoms with Crippen molar-refractivity contribution in [2.75, 3.05) is 7.11 Å². The van der Waals surface area contributed by atoms with E-state index in [0.29, 0.717) is 6.42 Å². The third-order valence-corrected chi connectivity index (χ3v) is 4.38. The summed E-state index contributed by atoms with van der Waals surface area (Å²) in [6.45, 7) is 3.99. The molecule has 1 aliphatic heterocycles. The summed E-state index contributed by atoms with van der Waals surface area (Å²) in [6, 6.07) is 15.0. The van der Waals surface area contributed by atoms with E-state index in [0.717, 1.165) is 22.6 Å². The van der Waals surface area contributed by atoms with E-state index in [1.54, 1.807) is 13.3 Å². The van der Waals surface area contributed by atoms with Crippen LogP contribution in [0.4, 0.5) is 0 Å². The Bertz CT molecular complexity index is 803. The lowest BCUT2D eigenvalue weighted by Gasteiger charge is -2.13. The molecule has 1 saturated heterocycles. The van der Waals surface area contributed by atoms with Gasteiger partial charge in [0.1, 0.15) is 17.5 Å². The average Bonchev–Trinajstić information content (AvgIpc) is 3.19. The normalized spacial score (nSPS) is 19.1. The Morgan fingerprint density at radius 1 is 1.11 bits per heavy atom. The van der Waals surface area contributed by atoms with Gasteiger partial charge in [-0.25, -0.2) is 16.3 Å². The fourth-order valence-corrected chi connectivity index (χ4v) is 2.94. The van der Waals surface area contributed by atoms with Gasteiger partial charge >= 0.3 is 0 Å². The Morgan fingerprint density at radius 2 is 1.79 bits per heavy atom. The summed E-state index contributed by atoms with van der Waals surface area (Å²) in [7, 11) is 1.62. The van der Waals surface area contributed by atoms with Crippen LogP contribution in [-0.4, -0.2) is 31.4 Å². The van der Waals surface area contributed by atoms with Crippen molar-refractivity contribution in [3.05, 3.63) is 59.7 Å². The lowest BCUT2D eigenvalue weighted by molar-refractivity contribution is -0.122. The Hall–Kier alpha value is -2.90. The maximum atomic E-state index is 12.3. The Kier molecular flexibility index (Phi) is 6.62. The molecule has 1 aliphatic rings. The molecule has 2 unspecified atom stereocenters. The maximum absolute atomic E-state index is 12.3. The number of methoxy groups -OCH3 is 1. The first-order valence-electron chi connectivity index (χ1n) is 9.30. The third kappa shape index (κ3) is 5.31. The molecule has 3 N–H and O–H groups in total. The van der Waals surface area contributed by atoms with Crippen LogP contribution < -0.4 is 25.8 Å². The predicted octanol–water partition coefficient (Wildman–Crippen LogP) is 2.54. The molecule has 1 heterocycles. The van der Waals surface area contributed by atoms with Crippen molar-refractivity contribution >= 4 is 12.1 Å². The highest BCUT2D eigenvalue weighted by Gasteiger charge is 2.30. The molecule has 0 radical (unpaired) electrons. The molecule has 0 aromatic heterocycles. The molecule has 2 aromatic carbocycles. The molecular weight excluding hydrogens is 356 g/mol. The number of nitrogens with one attached hydrogen (secondary N) is 3. The Balaban J connectivity index is 1.50. The van der Waals surface area contributed by atoms with Crippen molar-refractivity contribution in [2.45, 2.75) is 38.5 Å². The number of hydrazine groups is 1. The number of nitrogens with zero attached hydrogens (tertiary/aromatic N) is 1. The number of hydrogen-bond donors (Lipinski definition) is 3. The van der Waals surface area contributed by atoms with E-state index in [2.05, 4.69) is 21.4 Å². The molecule has 0 aliphatic carbocycles. The summed E-state index contributed by atoms with van der Waals surface area (Å²) in [5.41, 5.74) is 10.8. The smallest absolute Gasteiger partial charge is 0.258 e. The molecule has 28 heavy (non-hydrogen) atoms. The summed E-state index contributed by atoms with van der Waals surface area (Å²) in [4.78, 5) is 12.3. The zero-order chi connectivity index (χ0) is 19.9. The van der Waals surface area contributed by atoms with Crippen molar-refractivity contribution < 1.29 is 14.3 Å². The lowest BCUT2D eigenvalue weighted by atomic mass is 10.0. The van der Waals surface area contributed by atoms with Crippen molar-refractivity contribution in [3.8, 4) is 11.5 Å². The van der Waals surface area contributed by atoms with Crippen LogP contribution in [0.5, 0.6) is 11.5 Å². The maximum Gasteiger partial charge on any atom is 0.258 e. The number of ether oxygens (including phenoxy) is 2. The van der Waals surface area contributed by atoms with Crippen molar-refractivity contribution in [3.63, 3.8) is 0 Å². The van der Waals surface area contributed by atoms with E-state index in [9.17, 15) is 4.79 Å². The zero-order valence-electron chi connectivity index (χ0n) is 16.3. The van der Waals surface area contributed by atoms with Gasteiger partial charge in [-0.15, -0.1) is 0 Å². The third-order valence-electron chi connectivity index (χ3n) is 4.38. The van der Waals surface area contributed by atoms with Gasteiger partial charge in [-0.1, -0.05) is 12.1 Å². The number of rotatable bonds is 7. The van der Waals surface area contributed by atoms with E-state index in [1.165, 1.54) is 0 Å². The molecule has 1 amide bonds. The first kappa shape index (κ1) is 19.9. The van der Waals surface area contributed by atoms with Crippen LogP contribution in [0.25, 0.3) is 0 Å². The SMILES string of the molecule is COc1ccc(/C=N/NC(=O)C2CC(c3ccc(OC(C)C)cc3)NN2)cc1. The van der Waals surface area contributed by atoms with Gasteiger partial charge in [-0.05, 0) is 67.8 Å². The molecule has 1 fully saturated rings. The Labute approximate surface area is 165 Å². The topological polar surface area (TPSA) is 84.0 Å². The van der Waals surface area contributed by atoms with Crippen LogP contribution in [0.3, 0.4) is 0 Å². The molecule has 2 atom stereocenters. The number of carbonyl (C=O) groups excluding carboxylic acids is 1. The van der Waals surface area contributed by atoms with E-state index in [4.69, 9.17) is 9.47 Å². The van der Waals surface area contributed by atoms with Gasteiger partial charge in [0.2, 0.25) is 0 Å². The highest BCUT2D eigenvalue weighted by atomic mass is 16.5. The van der Waals surface area contributed by atoms with Crippen molar-refractivity contribution in [2.24, 2.45) is 5.10 Å². The molecule has 0 bridgehead atoms. The quantitative estimate of drug-likeness (QED) is 0.506. The van der Waals surface area contributed by atoms with E-state index in [1.807, 2.05) is 62.4 Å². The predicted molar refractivity (Wildman–Crippen MR) is 108 cm³/mol. The summed E-state index contributed by atoms with van der Waals surface area (Å²) in [5, 5.41) is 4.03. The van der Waals surface area contributed by atoms with Gasteiger partial charge in [-0.3, -0.25) is 4.79 Å². The van der Waals surface area contributed by atoms with Gasteiger partial charge in [0.05, 0.1) is 19.4 Å².